The van der Waals surface area contributed by atoms with E-state index in [2.05, 4.69) is 0 Å². The standard InChI is InChI=1S/C18H21NO3/c1-13-15(9-6-10-17(13)21)18(22)19(2)16(11-12-20)14-7-4-3-5-8-14/h3-10,16,20-21H,11-12H2,1-2H3. The van der Waals surface area contributed by atoms with Crippen LogP contribution >= 0.6 is 0 Å². The number of carbonyl (C=O) groups excluding carboxylic acids is 1. The average molecular weight is 299 g/mol. The number of hydrogen-bond donors (Lipinski definition) is 2. The third-order valence-corrected chi connectivity index (χ3v) is 3.91. The summed E-state index contributed by atoms with van der Waals surface area (Å²) in [5.41, 5.74) is 2.02. The van der Waals surface area contributed by atoms with Crippen LogP contribution in [-0.4, -0.2) is 34.7 Å². The van der Waals surface area contributed by atoms with E-state index in [0.717, 1.165) is 5.56 Å². The van der Waals surface area contributed by atoms with Crippen LogP contribution in [0.2, 0.25) is 0 Å². The Balaban J connectivity index is 2.32. The molecule has 0 saturated heterocycles. The average Bonchev–Trinajstić information content (AvgIpc) is 2.55. The van der Waals surface area contributed by atoms with Gasteiger partial charge in [0.25, 0.3) is 5.91 Å². The van der Waals surface area contributed by atoms with E-state index >= 15 is 0 Å². The van der Waals surface area contributed by atoms with Gasteiger partial charge >= 0.3 is 0 Å². The molecule has 0 aliphatic heterocycles. The summed E-state index contributed by atoms with van der Waals surface area (Å²) in [6.07, 6.45) is 0.462. The Hall–Kier alpha value is -2.33. The van der Waals surface area contributed by atoms with Gasteiger partial charge in [0.15, 0.2) is 0 Å². The van der Waals surface area contributed by atoms with Crippen molar-refractivity contribution >= 4 is 5.91 Å². The Morgan fingerprint density at radius 3 is 2.45 bits per heavy atom. The van der Waals surface area contributed by atoms with Gasteiger partial charge < -0.3 is 15.1 Å². The zero-order valence-electron chi connectivity index (χ0n) is 12.9. The maximum atomic E-state index is 12.7. The molecule has 0 heterocycles. The van der Waals surface area contributed by atoms with Crippen LogP contribution < -0.4 is 0 Å². The molecule has 2 N–H and O–H groups in total. The zero-order chi connectivity index (χ0) is 16.1. The van der Waals surface area contributed by atoms with Gasteiger partial charge in [-0.15, -0.1) is 0 Å². The number of benzene rings is 2. The van der Waals surface area contributed by atoms with Gasteiger partial charge in [-0.2, -0.15) is 0 Å². The van der Waals surface area contributed by atoms with Crippen LogP contribution in [0.1, 0.15) is 33.9 Å². The summed E-state index contributed by atoms with van der Waals surface area (Å²) in [5, 5.41) is 19.1. The second-order valence-electron chi connectivity index (χ2n) is 5.30. The molecule has 0 aromatic heterocycles. The monoisotopic (exact) mass is 299 g/mol. The number of aliphatic hydroxyl groups excluding tert-OH is 1. The van der Waals surface area contributed by atoms with E-state index in [-0.39, 0.29) is 24.3 Å². The van der Waals surface area contributed by atoms with E-state index in [1.807, 2.05) is 30.3 Å². The van der Waals surface area contributed by atoms with Crippen LogP contribution in [0.25, 0.3) is 0 Å². The molecule has 116 valence electrons. The minimum absolute atomic E-state index is 0.00377. The van der Waals surface area contributed by atoms with Gasteiger partial charge in [0.1, 0.15) is 5.75 Å². The third kappa shape index (κ3) is 3.28. The van der Waals surface area contributed by atoms with E-state index in [9.17, 15) is 15.0 Å². The summed E-state index contributed by atoms with van der Waals surface area (Å²) < 4.78 is 0. The molecule has 0 radical (unpaired) electrons. The van der Waals surface area contributed by atoms with E-state index in [1.165, 1.54) is 0 Å². The summed E-state index contributed by atoms with van der Waals surface area (Å²) in [6, 6.07) is 14.4. The number of phenolic OH excluding ortho intramolecular Hbond substituents is 1. The smallest absolute Gasteiger partial charge is 0.254 e. The molecule has 0 aliphatic carbocycles. The maximum absolute atomic E-state index is 12.7. The number of hydrogen-bond acceptors (Lipinski definition) is 3. The highest BCUT2D eigenvalue weighted by Gasteiger charge is 2.23. The van der Waals surface area contributed by atoms with Crippen molar-refractivity contribution in [2.75, 3.05) is 13.7 Å². The van der Waals surface area contributed by atoms with Gasteiger partial charge in [-0.3, -0.25) is 4.79 Å². The Morgan fingerprint density at radius 2 is 1.82 bits per heavy atom. The lowest BCUT2D eigenvalue weighted by atomic mass is 10.0. The van der Waals surface area contributed by atoms with Crippen LogP contribution in [0.3, 0.4) is 0 Å². The molecule has 0 spiro atoms. The molecule has 2 aromatic rings. The number of rotatable bonds is 5. The molecule has 2 aromatic carbocycles. The largest absolute Gasteiger partial charge is 0.508 e. The molecule has 0 bridgehead atoms. The van der Waals surface area contributed by atoms with Gasteiger partial charge in [-0.25, -0.2) is 0 Å². The number of amides is 1. The molecule has 1 atom stereocenters. The highest BCUT2D eigenvalue weighted by molar-refractivity contribution is 5.96. The predicted molar refractivity (Wildman–Crippen MR) is 85.8 cm³/mol. The first-order valence-corrected chi connectivity index (χ1v) is 7.27. The number of aromatic hydroxyl groups is 1. The molecular formula is C18H21NO3. The van der Waals surface area contributed by atoms with Crippen molar-refractivity contribution in [1.29, 1.82) is 0 Å². The molecule has 0 aliphatic rings. The van der Waals surface area contributed by atoms with Crippen molar-refractivity contribution < 1.29 is 15.0 Å². The number of aliphatic hydroxyl groups is 1. The SMILES string of the molecule is Cc1c(O)cccc1C(=O)N(C)C(CCO)c1ccccc1. The van der Waals surface area contributed by atoms with Crippen molar-refractivity contribution in [2.45, 2.75) is 19.4 Å². The molecule has 0 fully saturated rings. The number of nitrogens with zero attached hydrogens (tertiary/aromatic N) is 1. The van der Waals surface area contributed by atoms with E-state index in [0.29, 0.717) is 17.5 Å². The highest BCUT2D eigenvalue weighted by atomic mass is 16.3. The van der Waals surface area contributed by atoms with E-state index < -0.39 is 0 Å². The molecule has 4 heteroatoms. The first kappa shape index (κ1) is 16.0. The van der Waals surface area contributed by atoms with Crippen molar-refractivity contribution in [3.8, 4) is 5.75 Å². The third-order valence-electron chi connectivity index (χ3n) is 3.91. The second kappa shape index (κ2) is 7.09. The summed E-state index contributed by atoms with van der Waals surface area (Å²) in [4.78, 5) is 14.4. The lowest BCUT2D eigenvalue weighted by Crippen LogP contribution is -2.32. The van der Waals surface area contributed by atoms with Crippen LogP contribution in [0, 0.1) is 6.92 Å². The number of carbonyl (C=O) groups is 1. The molecule has 22 heavy (non-hydrogen) atoms. The summed E-state index contributed by atoms with van der Waals surface area (Å²) in [6.45, 7) is 1.72. The van der Waals surface area contributed by atoms with Crippen LogP contribution in [0.4, 0.5) is 0 Å². The predicted octanol–water partition coefficient (Wildman–Crippen LogP) is 2.90. The molecule has 1 unspecified atom stereocenters. The van der Waals surface area contributed by atoms with Crippen molar-refractivity contribution in [2.24, 2.45) is 0 Å². The minimum Gasteiger partial charge on any atom is -0.508 e. The minimum atomic E-state index is -0.208. The summed E-state index contributed by atoms with van der Waals surface area (Å²) in [7, 11) is 1.72. The van der Waals surface area contributed by atoms with Gasteiger partial charge in [0.05, 0.1) is 6.04 Å². The van der Waals surface area contributed by atoms with Gasteiger partial charge in [0.2, 0.25) is 0 Å². The molecule has 0 saturated carbocycles. The summed E-state index contributed by atoms with van der Waals surface area (Å²) >= 11 is 0. The zero-order valence-corrected chi connectivity index (χ0v) is 12.9. The number of phenols is 1. The molecule has 1 amide bonds. The first-order chi connectivity index (χ1) is 10.6. The quantitative estimate of drug-likeness (QED) is 0.892. The van der Waals surface area contributed by atoms with Crippen LogP contribution in [-0.2, 0) is 0 Å². The van der Waals surface area contributed by atoms with E-state index in [1.54, 1.807) is 37.1 Å². The molecule has 2 rings (SSSR count). The van der Waals surface area contributed by atoms with Gasteiger partial charge in [-0.05, 0) is 31.0 Å². The normalized spacial score (nSPS) is 12.0. The maximum Gasteiger partial charge on any atom is 0.254 e. The van der Waals surface area contributed by atoms with Crippen molar-refractivity contribution in [3.63, 3.8) is 0 Å². The Morgan fingerprint density at radius 1 is 1.14 bits per heavy atom. The highest BCUT2D eigenvalue weighted by Crippen LogP contribution is 2.27. The summed E-state index contributed by atoms with van der Waals surface area (Å²) in [5.74, 6) is -0.0617. The topological polar surface area (TPSA) is 60.8 Å². The van der Waals surface area contributed by atoms with E-state index in [4.69, 9.17) is 0 Å². The molecule has 4 nitrogen and oxygen atoms in total. The second-order valence-corrected chi connectivity index (χ2v) is 5.30. The van der Waals surface area contributed by atoms with Gasteiger partial charge in [0, 0.05) is 24.8 Å². The fraction of sp³-hybridized carbons (Fsp3) is 0.278. The fourth-order valence-electron chi connectivity index (χ4n) is 2.57. The van der Waals surface area contributed by atoms with Gasteiger partial charge in [-0.1, -0.05) is 36.4 Å². The lowest BCUT2D eigenvalue weighted by Gasteiger charge is -2.29. The lowest BCUT2D eigenvalue weighted by molar-refractivity contribution is 0.0704. The van der Waals surface area contributed by atoms with Crippen LogP contribution in [0.5, 0.6) is 5.75 Å². The Kier molecular flexibility index (Phi) is 5.17. The molecular weight excluding hydrogens is 278 g/mol. The first-order valence-electron chi connectivity index (χ1n) is 7.27. The fourth-order valence-corrected chi connectivity index (χ4v) is 2.57. The van der Waals surface area contributed by atoms with Crippen LogP contribution in [0.15, 0.2) is 48.5 Å². The van der Waals surface area contributed by atoms with Crippen molar-refractivity contribution in [3.05, 3.63) is 65.2 Å². The van der Waals surface area contributed by atoms with Crippen molar-refractivity contribution in [1.82, 2.24) is 4.90 Å². The Labute approximate surface area is 130 Å². The Bertz CT molecular complexity index is 640.